The van der Waals surface area contributed by atoms with E-state index in [0.29, 0.717) is 24.6 Å². The number of carbonyl (C=O) groups is 2. The first-order valence-corrected chi connectivity index (χ1v) is 5.51. The first-order valence-electron chi connectivity index (χ1n) is 5.51. The molecular weight excluding hydrogens is 222 g/mol. The van der Waals surface area contributed by atoms with E-state index in [0.717, 1.165) is 0 Å². The fourth-order valence-electron chi connectivity index (χ4n) is 1.44. The predicted molar refractivity (Wildman–Crippen MR) is 61.7 cm³/mol. The summed E-state index contributed by atoms with van der Waals surface area (Å²) < 4.78 is 9.79. The van der Waals surface area contributed by atoms with Gasteiger partial charge in [-0.25, -0.2) is 0 Å². The van der Waals surface area contributed by atoms with Gasteiger partial charge in [0.2, 0.25) is 0 Å². The molecule has 0 bridgehead atoms. The molecule has 1 aromatic heterocycles. The van der Waals surface area contributed by atoms with Crippen LogP contribution in [0.25, 0.3) is 0 Å². The molecule has 0 fully saturated rings. The lowest BCUT2D eigenvalue weighted by Gasteiger charge is -2.18. The van der Waals surface area contributed by atoms with Gasteiger partial charge in [0, 0.05) is 13.1 Å². The molecule has 0 N–H and O–H groups in total. The van der Waals surface area contributed by atoms with E-state index in [2.05, 4.69) is 4.74 Å². The molecule has 5 nitrogen and oxygen atoms in total. The number of amides is 1. The summed E-state index contributed by atoms with van der Waals surface area (Å²) in [4.78, 5) is 24.5. The summed E-state index contributed by atoms with van der Waals surface area (Å²) in [5.41, 5.74) is 0. The van der Waals surface area contributed by atoms with Crippen molar-refractivity contribution in [1.82, 2.24) is 4.90 Å². The standard InChI is InChI=1S/C12H17NO4/c1-4-13(8-7-11(14)16-3)12(15)10-6-5-9(2)17-10/h5-6H,4,7-8H2,1-3H3. The third kappa shape index (κ3) is 3.62. The van der Waals surface area contributed by atoms with Crippen LogP contribution in [0.1, 0.15) is 29.7 Å². The number of furan rings is 1. The molecule has 1 heterocycles. The molecule has 0 aliphatic rings. The molecule has 17 heavy (non-hydrogen) atoms. The number of nitrogens with zero attached hydrogens (tertiary/aromatic N) is 1. The molecule has 0 spiro atoms. The van der Waals surface area contributed by atoms with Crippen LogP contribution in [0.4, 0.5) is 0 Å². The molecule has 0 aliphatic carbocycles. The molecule has 5 heteroatoms. The van der Waals surface area contributed by atoms with Gasteiger partial charge >= 0.3 is 5.97 Å². The fraction of sp³-hybridized carbons (Fsp3) is 0.500. The minimum atomic E-state index is -0.327. The molecule has 0 aromatic carbocycles. The smallest absolute Gasteiger partial charge is 0.307 e. The Bertz CT molecular complexity index is 397. The van der Waals surface area contributed by atoms with Gasteiger partial charge in [0.05, 0.1) is 13.5 Å². The third-order valence-electron chi connectivity index (χ3n) is 2.43. The lowest BCUT2D eigenvalue weighted by Crippen LogP contribution is -2.32. The molecule has 0 atom stereocenters. The van der Waals surface area contributed by atoms with Crippen molar-refractivity contribution in [3.63, 3.8) is 0 Å². The van der Waals surface area contributed by atoms with Crippen molar-refractivity contribution >= 4 is 11.9 Å². The highest BCUT2D eigenvalue weighted by Gasteiger charge is 2.18. The van der Waals surface area contributed by atoms with Crippen molar-refractivity contribution in [1.29, 1.82) is 0 Å². The van der Waals surface area contributed by atoms with Crippen LogP contribution in [0.5, 0.6) is 0 Å². The number of aryl methyl sites for hydroxylation is 1. The van der Waals surface area contributed by atoms with Gasteiger partial charge in [-0.2, -0.15) is 0 Å². The van der Waals surface area contributed by atoms with Crippen LogP contribution < -0.4 is 0 Å². The molecule has 0 unspecified atom stereocenters. The lowest BCUT2D eigenvalue weighted by molar-refractivity contribution is -0.140. The molecule has 94 valence electrons. The number of ether oxygens (including phenoxy) is 1. The van der Waals surface area contributed by atoms with Crippen molar-refractivity contribution in [2.24, 2.45) is 0 Å². The summed E-state index contributed by atoms with van der Waals surface area (Å²) in [6.45, 7) is 4.49. The van der Waals surface area contributed by atoms with Gasteiger partial charge in [0.15, 0.2) is 5.76 Å². The van der Waals surface area contributed by atoms with Crippen molar-refractivity contribution in [2.75, 3.05) is 20.2 Å². The molecule has 0 radical (unpaired) electrons. The summed E-state index contributed by atoms with van der Waals surface area (Å²) >= 11 is 0. The van der Waals surface area contributed by atoms with Gasteiger partial charge in [0.25, 0.3) is 5.91 Å². The molecule has 0 saturated carbocycles. The van der Waals surface area contributed by atoms with Crippen LogP contribution in [-0.4, -0.2) is 37.0 Å². The largest absolute Gasteiger partial charge is 0.469 e. The predicted octanol–water partition coefficient (Wildman–Crippen LogP) is 1.61. The van der Waals surface area contributed by atoms with Crippen molar-refractivity contribution in [3.05, 3.63) is 23.7 Å². The minimum Gasteiger partial charge on any atom is -0.469 e. The van der Waals surface area contributed by atoms with Crippen LogP contribution >= 0.6 is 0 Å². The van der Waals surface area contributed by atoms with Gasteiger partial charge in [-0.3, -0.25) is 9.59 Å². The van der Waals surface area contributed by atoms with Crippen LogP contribution in [0.3, 0.4) is 0 Å². The Kier molecular flexibility index (Phi) is 4.75. The molecular formula is C12H17NO4. The molecule has 1 rings (SSSR count). The maximum atomic E-state index is 12.0. The van der Waals surface area contributed by atoms with Crippen molar-refractivity contribution < 1.29 is 18.7 Å². The van der Waals surface area contributed by atoms with Gasteiger partial charge in [-0.15, -0.1) is 0 Å². The van der Waals surface area contributed by atoms with Gasteiger partial charge in [0.1, 0.15) is 5.76 Å². The Balaban J connectivity index is 2.61. The number of hydrogen-bond donors (Lipinski definition) is 0. The van der Waals surface area contributed by atoms with Crippen LogP contribution in [0.15, 0.2) is 16.5 Å². The van der Waals surface area contributed by atoms with E-state index in [4.69, 9.17) is 4.42 Å². The molecule has 0 aliphatic heterocycles. The normalized spacial score (nSPS) is 10.1. The highest BCUT2D eigenvalue weighted by atomic mass is 16.5. The van der Waals surface area contributed by atoms with E-state index >= 15 is 0 Å². The topological polar surface area (TPSA) is 59.8 Å². The second-order valence-electron chi connectivity index (χ2n) is 3.62. The van der Waals surface area contributed by atoms with E-state index in [1.807, 2.05) is 6.92 Å². The first kappa shape index (κ1) is 13.3. The minimum absolute atomic E-state index is 0.190. The van der Waals surface area contributed by atoms with E-state index in [1.54, 1.807) is 24.0 Å². The van der Waals surface area contributed by atoms with Crippen LogP contribution in [0, 0.1) is 6.92 Å². The first-order chi connectivity index (χ1) is 8.08. The highest BCUT2D eigenvalue weighted by Crippen LogP contribution is 2.10. The number of esters is 1. The Hall–Kier alpha value is -1.78. The number of carbonyl (C=O) groups excluding carboxylic acids is 2. The zero-order valence-electron chi connectivity index (χ0n) is 10.4. The average molecular weight is 239 g/mol. The highest BCUT2D eigenvalue weighted by molar-refractivity contribution is 5.91. The Morgan fingerprint density at radius 1 is 1.41 bits per heavy atom. The van der Waals surface area contributed by atoms with Gasteiger partial charge in [-0.1, -0.05) is 0 Å². The second-order valence-corrected chi connectivity index (χ2v) is 3.62. The Morgan fingerprint density at radius 2 is 2.12 bits per heavy atom. The van der Waals surface area contributed by atoms with Crippen LogP contribution in [-0.2, 0) is 9.53 Å². The monoisotopic (exact) mass is 239 g/mol. The second kappa shape index (κ2) is 6.08. The van der Waals surface area contributed by atoms with Crippen LogP contribution in [0.2, 0.25) is 0 Å². The zero-order valence-corrected chi connectivity index (χ0v) is 10.4. The third-order valence-corrected chi connectivity index (χ3v) is 2.43. The number of methoxy groups -OCH3 is 1. The summed E-state index contributed by atoms with van der Waals surface area (Å²) in [6, 6.07) is 3.37. The zero-order chi connectivity index (χ0) is 12.8. The van der Waals surface area contributed by atoms with Gasteiger partial charge in [-0.05, 0) is 26.0 Å². The van der Waals surface area contributed by atoms with Gasteiger partial charge < -0.3 is 14.1 Å². The summed E-state index contributed by atoms with van der Waals surface area (Å²) in [6.07, 6.45) is 0.190. The van der Waals surface area contributed by atoms with E-state index in [9.17, 15) is 9.59 Å². The summed E-state index contributed by atoms with van der Waals surface area (Å²) in [7, 11) is 1.33. The van der Waals surface area contributed by atoms with E-state index < -0.39 is 0 Å². The van der Waals surface area contributed by atoms with Crippen molar-refractivity contribution in [3.8, 4) is 0 Å². The quantitative estimate of drug-likeness (QED) is 0.732. The maximum Gasteiger partial charge on any atom is 0.307 e. The molecule has 0 saturated heterocycles. The summed E-state index contributed by atoms with van der Waals surface area (Å²) in [5.74, 6) is 0.461. The lowest BCUT2D eigenvalue weighted by atomic mass is 10.3. The Morgan fingerprint density at radius 3 is 2.59 bits per heavy atom. The van der Waals surface area contributed by atoms with E-state index in [1.165, 1.54) is 7.11 Å². The fourth-order valence-corrected chi connectivity index (χ4v) is 1.44. The van der Waals surface area contributed by atoms with E-state index in [-0.39, 0.29) is 18.3 Å². The number of hydrogen-bond acceptors (Lipinski definition) is 4. The maximum absolute atomic E-state index is 12.0. The summed E-state index contributed by atoms with van der Waals surface area (Å²) in [5, 5.41) is 0. The average Bonchev–Trinajstić information content (AvgIpc) is 2.76. The SMILES string of the molecule is CCN(CCC(=O)OC)C(=O)c1ccc(C)o1. The number of rotatable bonds is 5. The molecule has 1 aromatic rings. The molecule has 1 amide bonds. The van der Waals surface area contributed by atoms with Crippen molar-refractivity contribution in [2.45, 2.75) is 20.3 Å². The Labute approximate surface area is 100 Å².